The van der Waals surface area contributed by atoms with Crippen LogP contribution in [0, 0.1) is 0 Å². The molecule has 0 aliphatic heterocycles. The van der Waals surface area contributed by atoms with Crippen LogP contribution in [0.2, 0.25) is 0 Å². The molecule has 0 atom stereocenters. The van der Waals surface area contributed by atoms with Gasteiger partial charge in [0.25, 0.3) is 0 Å². The third kappa shape index (κ3) is 9.70. The third-order valence-electron chi connectivity index (χ3n) is 1.91. The first-order valence-electron chi connectivity index (χ1n) is 5.68. The second-order valence-corrected chi connectivity index (χ2v) is 3.66. The molecular weight excluding hydrogens is 206 g/mol. The van der Waals surface area contributed by atoms with E-state index in [1.54, 1.807) is 0 Å². The summed E-state index contributed by atoms with van der Waals surface area (Å²) in [6.45, 7) is 5.97. The van der Waals surface area contributed by atoms with Crippen LogP contribution in [0.5, 0.6) is 0 Å². The van der Waals surface area contributed by atoms with Crippen LogP contribution in [0.1, 0.15) is 13.3 Å². The van der Waals surface area contributed by atoms with Gasteiger partial charge in [0, 0.05) is 32.8 Å². The standard InChI is InChI=1S/C10H25N5O/c1-4-16-9-5-6-12-10(14-11)13-7-8-15(2)3/h4-9,11H2,1-3H3,(H2,12,13,14). The van der Waals surface area contributed by atoms with E-state index in [9.17, 15) is 0 Å². The van der Waals surface area contributed by atoms with Crippen LogP contribution in [0.15, 0.2) is 4.99 Å². The minimum absolute atomic E-state index is 0.637. The summed E-state index contributed by atoms with van der Waals surface area (Å²) in [5.41, 5.74) is 2.55. The van der Waals surface area contributed by atoms with E-state index in [0.717, 1.165) is 32.7 Å². The van der Waals surface area contributed by atoms with E-state index in [4.69, 9.17) is 10.6 Å². The Balaban J connectivity index is 3.58. The van der Waals surface area contributed by atoms with Crippen molar-refractivity contribution in [2.45, 2.75) is 13.3 Å². The molecule has 0 unspecified atom stereocenters. The van der Waals surface area contributed by atoms with Gasteiger partial charge in [-0.2, -0.15) is 0 Å². The first-order chi connectivity index (χ1) is 7.70. The van der Waals surface area contributed by atoms with E-state index < -0.39 is 0 Å². The third-order valence-corrected chi connectivity index (χ3v) is 1.91. The fourth-order valence-corrected chi connectivity index (χ4v) is 1.05. The van der Waals surface area contributed by atoms with E-state index in [1.807, 2.05) is 21.0 Å². The summed E-state index contributed by atoms with van der Waals surface area (Å²) in [5, 5.41) is 3.12. The van der Waals surface area contributed by atoms with Crippen molar-refractivity contribution in [1.82, 2.24) is 15.6 Å². The van der Waals surface area contributed by atoms with Gasteiger partial charge < -0.3 is 15.0 Å². The smallest absolute Gasteiger partial charge is 0.205 e. The van der Waals surface area contributed by atoms with E-state index in [-0.39, 0.29) is 0 Å². The Morgan fingerprint density at radius 2 is 2.19 bits per heavy atom. The first-order valence-corrected chi connectivity index (χ1v) is 5.68. The predicted molar refractivity (Wildman–Crippen MR) is 67.3 cm³/mol. The average molecular weight is 231 g/mol. The largest absolute Gasteiger partial charge is 0.382 e. The van der Waals surface area contributed by atoms with Crippen molar-refractivity contribution in [2.75, 3.05) is 46.9 Å². The van der Waals surface area contributed by atoms with Crippen molar-refractivity contribution >= 4 is 5.96 Å². The van der Waals surface area contributed by atoms with Crippen molar-refractivity contribution in [3.05, 3.63) is 0 Å². The topological polar surface area (TPSA) is 74.9 Å². The Kier molecular flexibility index (Phi) is 10.1. The second kappa shape index (κ2) is 10.7. The van der Waals surface area contributed by atoms with Crippen LogP contribution in [0.25, 0.3) is 0 Å². The number of aliphatic imine (C=N–C) groups is 1. The maximum Gasteiger partial charge on any atom is 0.205 e. The monoisotopic (exact) mass is 231 g/mol. The van der Waals surface area contributed by atoms with Crippen LogP contribution in [-0.4, -0.2) is 57.8 Å². The Morgan fingerprint density at radius 3 is 2.75 bits per heavy atom. The van der Waals surface area contributed by atoms with Gasteiger partial charge in [-0.05, 0) is 27.4 Å². The zero-order chi connectivity index (χ0) is 12.2. The number of likely N-dealkylation sites (N-methyl/N-ethyl adjacent to an activating group) is 1. The number of nitrogens with two attached hydrogens (primary N) is 1. The van der Waals surface area contributed by atoms with Crippen molar-refractivity contribution in [3.63, 3.8) is 0 Å². The molecule has 0 amide bonds. The molecule has 0 aromatic heterocycles. The summed E-state index contributed by atoms with van der Waals surface area (Å²) >= 11 is 0. The van der Waals surface area contributed by atoms with Gasteiger partial charge in [-0.1, -0.05) is 0 Å². The summed E-state index contributed by atoms with van der Waals surface area (Å²) in [6, 6.07) is 0. The van der Waals surface area contributed by atoms with Gasteiger partial charge in [0.1, 0.15) is 0 Å². The molecule has 0 spiro atoms. The molecule has 0 saturated heterocycles. The van der Waals surface area contributed by atoms with E-state index >= 15 is 0 Å². The maximum atomic E-state index is 5.34. The molecule has 4 N–H and O–H groups in total. The lowest BCUT2D eigenvalue weighted by Crippen LogP contribution is -2.44. The lowest BCUT2D eigenvalue weighted by Gasteiger charge is -2.12. The number of nitrogens with zero attached hydrogens (tertiary/aromatic N) is 2. The van der Waals surface area contributed by atoms with Crippen molar-refractivity contribution in [2.24, 2.45) is 10.8 Å². The molecule has 0 bridgehead atoms. The highest BCUT2D eigenvalue weighted by molar-refractivity contribution is 5.79. The molecular formula is C10H25N5O. The Labute approximate surface area is 98.2 Å². The van der Waals surface area contributed by atoms with E-state index in [2.05, 4.69) is 20.6 Å². The van der Waals surface area contributed by atoms with Crippen molar-refractivity contribution in [3.8, 4) is 0 Å². The molecule has 0 saturated carbocycles. The molecule has 0 heterocycles. The van der Waals surface area contributed by atoms with Gasteiger partial charge in [0.2, 0.25) is 5.96 Å². The molecule has 6 nitrogen and oxygen atoms in total. The number of hydrazine groups is 1. The molecule has 0 fully saturated rings. The summed E-state index contributed by atoms with van der Waals surface area (Å²) in [5.74, 6) is 5.98. The Morgan fingerprint density at radius 1 is 1.44 bits per heavy atom. The number of rotatable bonds is 8. The Hall–Kier alpha value is -0.850. The summed E-state index contributed by atoms with van der Waals surface area (Å²) in [6.07, 6.45) is 0.911. The van der Waals surface area contributed by atoms with Gasteiger partial charge in [-0.25, -0.2) is 5.84 Å². The number of nitrogens with one attached hydrogen (secondary N) is 2. The molecule has 16 heavy (non-hydrogen) atoms. The number of hydrogen-bond donors (Lipinski definition) is 3. The molecule has 0 aliphatic carbocycles. The van der Waals surface area contributed by atoms with Gasteiger partial charge in [-0.3, -0.25) is 10.4 Å². The van der Waals surface area contributed by atoms with Gasteiger partial charge in [0.05, 0.1) is 0 Å². The minimum atomic E-state index is 0.637. The number of guanidine groups is 1. The highest BCUT2D eigenvalue weighted by Gasteiger charge is 1.95. The van der Waals surface area contributed by atoms with Crippen molar-refractivity contribution in [1.29, 1.82) is 0 Å². The van der Waals surface area contributed by atoms with Gasteiger partial charge in [-0.15, -0.1) is 0 Å². The Bertz CT molecular complexity index is 184. The number of ether oxygens (including phenoxy) is 1. The van der Waals surface area contributed by atoms with Gasteiger partial charge in [0.15, 0.2) is 0 Å². The molecule has 96 valence electrons. The zero-order valence-corrected chi connectivity index (χ0v) is 10.6. The SMILES string of the molecule is CCOCCCN=C(NN)NCCN(C)C. The van der Waals surface area contributed by atoms with Crippen LogP contribution < -0.4 is 16.6 Å². The number of hydrogen-bond acceptors (Lipinski definition) is 4. The quantitative estimate of drug-likeness (QED) is 0.171. The predicted octanol–water partition coefficient (Wildman–Crippen LogP) is -0.616. The minimum Gasteiger partial charge on any atom is -0.382 e. The normalized spacial score (nSPS) is 11.9. The summed E-state index contributed by atoms with van der Waals surface area (Å²) < 4.78 is 5.21. The maximum absolute atomic E-state index is 5.34. The summed E-state index contributed by atoms with van der Waals surface area (Å²) in [4.78, 5) is 6.38. The lowest BCUT2D eigenvalue weighted by atomic mass is 10.4. The van der Waals surface area contributed by atoms with E-state index in [1.165, 1.54) is 0 Å². The highest BCUT2D eigenvalue weighted by Crippen LogP contribution is 1.84. The molecule has 0 aromatic rings. The summed E-state index contributed by atoms with van der Waals surface area (Å²) in [7, 11) is 4.05. The zero-order valence-electron chi connectivity index (χ0n) is 10.6. The van der Waals surface area contributed by atoms with Crippen LogP contribution in [0.4, 0.5) is 0 Å². The molecule has 0 aliphatic rings. The van der Waals surface area contributed by atoms with Gasteiger partial charge >= 0.3 is 0 Å². The molecule has 6 heteroatoms. The molecule has 0 rings (SSSR count). The molecule has 0 radical (unpaired) electrons. The van der Waals surface area contributed by atoms with Crippen LogP contribution in [-0.2, 0) is 4.74 Å². The average Bonchev–Trinajstić information content (AvgIpc) is 2.26. The highest BCUT2D eigenvalue weighted by atomic mass is 16.5. The van der Waals surface area contributed by atoms with Crippen LogP contribution in [0.3, 0.4) is 0 Å². The molecule has 0 aromatic carbocycles. The first kappa shape index (κ1) is 15.2. The van der Waals surface area contributed by atoms with Crippen LogP contribution >= 0.6 is 0 Å². The fourth-order valence-electron chi connectivity index (χ4n) is 1.05. The lowest BCUT2D eigenvalue weighted by molar-refractivity contribution is 0.146. The van der Waals surface area contributed by atoms with E-state index in [0.29, 0.717) is 12.5 Å². The van der Waals surface area contributed by atoms with Crippen molar-refractivity contribution < 1.29 is 4.74 Å². The fraction of sp³-hybridized carbons (Fsp3) is 0.900. The second-order valence-electron chi connectivity index (χ2n) is 3.66.